The van der Waals surface area contributed by atoms with Crippen molar-refractivity contribution in [2.75, 3.05) is 0 Å². The average Bonchev–Trinajstić information content (AvgIpc) is 2.15. The summed E-state index contributed by atoms with van der Waals surface area (Å²) in [6, 6.07) is 2.60. The van der Waals surface area contributed by atoms with E-state index in [0.717, 1.165) is 6.07 Å². The first-order chi connectivity index (χ1) is 6.20. The second-order valence-electron chi connectivity index (χ2n) is 2.68. The van der Waals surface area contributed by atoms with Gasteiger partial charge in [-0.05, 0) is 6.07 Å². The number of aromatic nitrogens is 1. The zero-order valence-corrected chi connectivity index (χ0v) is 6.60. The quantitative estimate of drug-likeness (QED) is 0.419. The normalized spacial score (nSPS) is 10.5. The predicted octanol–water partition coefficient (Wildman–Crippen LogP) is 1.35. The van der Waals surface area contributed by atoms with E-state index in [4.69, 9.17) is 5.11 Å². The molecular formula is C9H7NO3. The molecule has 0 fully saturated rings. The number of aromatic hydroxyl groups is 3. The Morgan fingerprint density at radius 1 is 1.00 bits per heavy atom. The summed E-state index contributed by atoms with van der Waals surface area (Å²) >= 11 is 0. The number of phenols is 3. The molecule has 0 spiro atoms. The number of phenolic OH excluding ortho intramolecular Hbond substituents is 3. The molecule has 1 aromatic carbocycles. The molecule has 1 aromatic heterocycles. The highest BCUT2D eigenvalue weighted by molar-refractivity contribution is 5.94. The lowest BCUT2D eigenvalue weighted by atomic mass is 10.1. The number of pyridine rings is 1. The van der Waals surface area contributed by atoms with Crippen molar-refractivity contribution in [3.8, 4) is 17.2 Å². The first-order valence-corrected chi connectivity index (χ1v) is 3.68. The van der Waals surface area contributed by atoms with Crippen LogP contribution in [0.25, 0.3) is 10.8 Å². The van der Waals surface area contributed by atoms with Crippen molar-refractivity contribution >= 4 is 10.8 Å². The SMILES string of the molecule is Oc1cc(O)c2cnccc2c1O. The number of rotatable bonds is 0. The van der Waals surface area contributed by atoms with Crippen molar-refractivity contribution in [2.45, 2.75) is 0 Å². The largest absolute Gasteiger partial charge is 0.507 e. The minimum absolute atomic E-state index is 0.0987. The molecule has 2 aromatic rings. The summed E-state index contributed by atoms with van der Waals surface area (Å²) in [7, 11) is 0. The topological polar surface area (TPSA) is 73.6 Å². The van der Waals surface area contributed by atoms with Crippen LogP contribution in [0, 0.1) is 0 Å². The Morgan fingerprint density at radius 3 is 2.54 bits per heavy atom. The molecule has 0 aliphatic carbocycles. The van der Waals surface area contributed by atoms with E-state index in [0.29, 0.717) is 10.8 Å². The van der Waals surface area contributed by atoms with Crippen LogP contribution in [-0.4, -0.2) is 20.3 Å². The third-order valence-corrected chi connectivity index (χ3v) is 1.87. The van der Waals surface area contributed by atoms with Crippen LogP contribution in [-0.2, 0) is 0 Å². The van der Waals surface area contributed by atoms with Crippen LogP contribution in [0.4, 0.5) is 0 Å². The minimum Gasteiger partial charge on any atom is -0.507 e. The number of fused-ring (bicyclic) bond motifs is 1. The van der Waals surface area contributed by atoms with Gasteiger partial charge < -0.3 is 15.3 Å². The second kappa shape index (κ2) is 2.52. The fraction of sp³-hybridized carbons (Fsp3) is 0. The van der Waals surface area contributed by atoms with Crippen LogP contribution in [0.3, 0.4) is 0 Å². The molecule has 0 amide bonds. The van der Waals surface area contributed by atoms with Gasteiger partial charge in [0.2, 0.25) is 0 Å². The van der Waals surface area contributed by atoms with E-state index in [-0.39, 0.29) is 17.2 Å². The molecule has 0 atom stereocenters. The third-order valence-electron chi connectivity index (χ3n) is 1.87. The van der Waals surface area contributed by atoms with E-state index in [1.807, 2.05) is 0 Å². The molecule has 4 nitrogen and oxygen atoms in total. The number of hydrogen-bond acceptors (Lipinski definition) is 4. The van der Waals surface area contributed by atoms with Gasteiger partial charge in [0.25, 0.3) is 0 Å². The van der Waals surface area contributed by atoms with Crippen LogP contribution < -0.4 is 0 Å². The summed E-state index contributed by atoms with van der Waals surface area (Å²) in [5.41, 5.74) is 0. The van der Waals surface area contributed by atoms with Gasteiger partial charge in [-0.25, -0.2) is 0 Å². The van der Waals surface area contributed by atoms with Gasteiger partial charge in [0.15, 0.2) is 11.5 Å². The van der Waals surface area contributed by atoms with Crippen molar-refractivity contribution < 1.29 is 15.3 Å². The molecule has 0 radical (unpaired) electrons. The van der Waals surface area contributed by atoms with Gasteiger partial charge in [0, 0.05) is 29.2 Å². The Morgan fingerprint density at radius 2 is 1.77 bits per heavy atom. The van der Waals surface area contributed by atoms with Crippen molar-refractivity contribution in [3.63, 3.8) is 0 Å². The number of hydrogen-bond donors (Lipinski definition) is 3. The van der Waals surface area contributed by atoms with E-state index < -0.39 is 0 Å². The minimum atomic E-state index is -0.337. The first kappa shape index (κ1) is 7.67. The molecule has 13 heavy (non-hydrogen) atoms. The Bertz CT molecular complexity index is 468. The summed E-state index contributed by atoms with van der Waals surface area (Å²) < 4.78 is 0. The molecule has 2 rings (SSSR count). The molecular weight excluding hydrogens is 170 g/mol. The van der Waals surface area contributed by atoms with Crippen LogP contribution in [0.15, 0.2) is 24.5 Å². The summed E-state index contributed by atoms with van der Waals surface area (Å²) in [5.74, 6) is -0.676. The number of nitrogens with zero attached hydrogens (tertiary/aromatic N) is 1. The summed E-state index contributed by atoms with van der Waals surface area (Å²) in [6.45, 7) is 0. The fourth-order valence-electron chi connectivity index (χ4n) is 1.22. The highest BCUT2D eigenvalue weighted by Crippen LogP contribution is 2.38. The monoisotopic (exact) mass is 177 g/mol. The molecule has 0 aliphatic rings. The van der Waals surface area contributed by atoms with Gasteiger partial charge in [-0.2, -0.15) is 0 Å². The van der Waals surface area contributed by atoms with Gasteiger partial charge >= 0.3 is 0 Å². The Balaban J connectivity index is 2.97. The zero-order valence-electron chi connectivity index (χ0n) is 6.60. The van der Waals surface area contributed by atoms with E-state index in [1.54, 1.807) is 0 Å². The Kier molecular flexibility index (Phi) is 1.48. The third kappa shape index (κ3) is 1.03. The van der Waals surface area contributed by atoms with Crippen LogP contribution in [0.1, 0.15) is 0 Å². The van der Waals surface area contributed by atoms with E-state index in [2.05, 4.69) is 4.98 Å². The fourth-order valence-corrected chi connectivity index (χ4v) is 1.22. The van der Waals surface area contributed by atoms with E-state index in [1.165, 1.54) is 18.5 Å². The van der Waals surface area contributed by atoms with Crippen LogP contribution in [0.2, 0.25) is 0 Å². The Hall–Kier alpha value is -1.97. The van der Waals surface area contributed by atoms with Crippen molar-refractivity contribution in [1.82, 2.24) is 4.98 Å². The Labute approximate surface area is 73.7 Å². The standard InChI is InChI=1S/C9H7NO3/c11-7-3-8(12)9(13)5-1-2-10-4-6(5)7/h1-4,11-13H. The van der Waals surface area contributed by atoms with E-state index >= 15 is 0 Å². The number of benzene rings is 1. The highest BCUT2D eigenvalue weighted by atomic mass is 16.3. The van der Waals surface area contributed by atoms with Gasteiger partial charge in [0.1, 0.15) is 5.75 Å². The molecule has 4 heteroatoms. The summed E-state index contributed by atoms with van der Waals surface area (Å²) in [5, 5.41) is 28.7. The predicted molar refractivity (Wildman–Crippen MR) is 46.7 cm³/mol. The summed E-state index contributed by atoms with van der Waals surface area (Å²) in [4.78, 5) is 3.79. The maximum absolute atomic E-state index is 9.39. The zero-order chi connectivity index (χ0) is 9.42. The summed E-state index contributed by atoms with van der Waals surface area (Å²) in [6.07, 6.45) is 2.89. The maximum Gasteiger partial charge on any atom is 0.165 e. The van der Waals surface area contributed by atoms with Crippen molar-refractivity contribution in [1.29, 1.82) is 0 Å². The van der Waals surface area contributed by atoms with Gasteiger partial charge in [-0.1, -0.05) is 0 Å². The van der Waals surface area contributed by atoms with Crippen LogP contribution >= 0.6 is 0 Å². The first-order valence-electron chi connectivity index (χ1n) is 3.68. The molecule has 66 valence electrons. The van der Waals surface area contributed by atoms with Crippen LogP contribution in [0.5, 0.6) is 17.2 Å². The lowest BCUT2D eigenvalue weighted by molar-refractivity contribution is 0.402. The van der Waals surface area contributed by atoms with E-state index in [9.17, 15) is 10.2 Å². The molecule has 0 aliphatic heterocycles. The smallest absolute Gasteiger partial charge is 0.165 e. The van der Waals surface area contributed by atoms with Gasteiger partial charge in [-0.15, -0.1) is 0 Å². The van der Waals surface area contributed by atoms with Crippen molar-refractivity contribution in [2.24, 2.45) is 0 Å². The maximum atomic E-state index is 9.39. The molecule has 3 N–H and O–H groups in total. The molecule has 1 heterocycles. The highest BCUT2D eigenvalue weighted by Gasteiger charge is 2.08. The van der Waals surface area contributed by atoms with Gasteiger partial charge in [-0.3, -0.25) is 4.98 Å². The lowest BCUT2D eigenvalue weighted by Gasteiger charge is -2.04. The lowest BCUT2D eigenvalue weighted by Crippen LogP contribution is -1.78. The average molecular weight is 177 g/mol. The molecule has 0 saturated heterocycles. The molecule has 0 saturated carbocycles. The second-order valence-corrected chi connectivity index (χ2v) is 2.68. The van der Waals surface area contributed by atoms with Gasteiger partial charge in [0.05, 0.1) is 0 Å². The molecule has 0 bridgehead atoms. The van der Waals surface area contributed by atoms with Crippen molar-refractivity contribution in [3.05, 3.63) is 24.5 Å². The molecule has 0 unspecified atom stereocenters.